The molecule has 0 spiro atoms. The third kappa shape index (κ3) is 34.8. The van der Waals surface area contributed by atoms with Gasteiger partial charge in [-0.05, 0) is 51.4 Å². The number of likely N-dealkylation sites (N-methyl/N-ethyl adjacent to an activating group) is 1. The zero-order chi connectivity index (χ0) is 39.3. The Balaban J connectivity index is 4.48. The van der Waals surface area contributed by atoms with Gasteiger partial charge in [0, 0.05) is 19.3 Å². The van der Waals surface area contributed by atoms with Crippen molar-refractivity contribution in [1.82, 2.24) is 0 Å². The predicted molar refractivity (Wildman–Crippen MR) is 220 cm³/mol. The van der Waals surface area contributed by atoms with Gasteiger partial charge in [-0.15, -0.1) is 0 Å². The Labute approximate surface area is 325 Å². The van der Waals surface area contributed by atoms with Crippen LogP contribution in [0.3, 0.4) is 0 Å². The lowest BCUT2D eigenvalue weighted by atomic mass is 10.0. The fourth-order valence-electron chi connectivity index (χ4n) is 5.91. The van der Waals surface area contributed by atoms with Gasteiger partial charge in [-0.25, -0.2) is 4.79 Å². The van der Waals surface area contributed by atoms with E-state index in [4.69, 9.17) is 14.2 Å². The molecular formula is C45H80NO7+. The van der Waals surface area contributed by atoms with Crippen LogP contribution in [0.4, 0.5) is 0 Å². The number of ether oxygens (including phenoxy) is 3. The van der Waals surface area contributed by atoms with Gasteiger partial charge in [-0.3, -0.25) is 9.59 Å². The SMILES string of the molecule is CCCCC/C=C/C/C=C/C/C=C/C/C=C/CCCC(=O)OC(COCCC(C(=O)O)[N+](C)(C)C)COC(=O)CCCCCCCCCCCCCC. The molecule has 1 N–H and O–H groups in total. The Kier molecular flexibility index (Phi) is 34.4. The fraction of sp³-hybridized carbons (Fsp3) is 0.756. The monoisotopic (exact) mass is 747 g/mol. The molecule has 0 fully saturated rings. The maximum absolute atomic E-state index is 12.7. The van der Waals surface area contributed by atoms with Crippen molar-refractivity contribution >= 4 is 17.9 Å². The minimum atomic E-state index is -0.884. The van der Waals surface area contributed by atoms with Crippen molar-refractivity contribution in [2.45, 2.75) is 180 Å². The summed E-state index contributed by atoms with van der Waals surface area (Å²) in [5.41, 5.74) is 0. The smallest absolute Gasteiger partial charge is 0.362 e. The van der Waals surface area contributed by atoms with Crippen molar-refractivity contribution in [3.63, 3.8) is 0 Å². The number of carbonyl (C=O) groups is 3. The van der Waals surface area contributed by atoms with Gasteiger partial charge in [0.1, 0.15) is 6.61 Å². The molecule has 0 aromatic heterocycles. The van der Waals surface area contributed by atoms with Crippen LogP contribution in [0.25, 0.3) is 0 Å². The summed E-state index contributed by atoms with van der Waals surface area (Å²) in [6.07, 6.45) is 41.6. The number of quaternary nitrogens is 1. The zero-order valence-corrected chi connectivity index (χ0v) is 34.7. The number of carbonyl (C=O) groups excluding carboxylic acids is 2. The second kappa shape index (κ2) is 36.3. The van der Waals surface area contributed by atoms with Gasteiger partial charge >= 0.3 is 17.9 Å². The molecule has 0 aromatic rings. The molecule has 0 rings (SSSR count). The topological polar surface area (TPSA) is 99.1 Å². The fourth-order valence-corrected chi connectivity index (χ4v) is 5.91. The highest BCUT2D eigenvalue weighted by Gasteiger charge is 2.31. The Morgan fingerprint density at radius 1 is 0.566 bits per heavy atom. The quantitative estimate of drug-likeness (QED) is 0.0292. The van der Waals surface area contributed by atoms with Crippen molar-refractivity contribution in [2.75, 3.05) is 41.0 Å². The van der Waals surface area contributed by atoms with E-state index in [1.807, 2.05) is 21.1 Å². The molecule has 306 valence electrons. The van der Waals surface area contributed by atoms with E-state index in [1.54, 1.807) is 0 Å². The Morgan fingerprint density at radius 3 is 1.53 bits per heavy atom. The van der Waals surface area contributed by atoms with Crippen LogP contribution in [0.5, 0.6) is 0 Å². The van der Waals surface area contributed by atoms with Crippen molar-refractivity contribution in [1.29, 1.82) is 0 Å². The molecule has 0 aliphatic carbocycles. The third-order valence-corrected chi connectivity index (χ3v) is 9.23. The summed E-state index contributed by atoms with van der Waals surface area (Å²) < 4.78 is 17.2. The summed E-state index contributed by atoms with van der Waals surface area (Å²) in [5.74, 6) is -1.54. The van der Waals surface area contributed by atoms with Crippen molar-refractivity contribution in [2.24, 2.45) is 0 Å². The molecule has 0 aliphatic heterocycles. The van der Waals surface area contributed by atoms with Gasteiger partial charge in [-0.1, -0.05) is 146 Å². The molecule has 8 heteroatoms. The number of aliphatic carboxylic acids is 1. The summed E-state index contributed by atoms with van der Waals surface area (Å²) >= 11 is 0. The van der Waals surface area contributed by atoms with Crippen molar-refractivity contribution in [3.05, 3.63) is 48.6 Å². The first-order valence-corrected chi connectivity index (χ1v) is 21.2. The highest BCUT2D eigenvalue weighted by atomic mass is 16.6. The van der Waals surface area contributed by atoms with E-state index in [-0.39, 0.29) is 42.7 Å². The minimum Gasteiger partial charge on any atom is -0.477 e. The standard InChI is InChI=1S/C45H79NO7/c1-6-8-10-12-14-16-18-20-21-22-23-24-26-28-30-32-34-36-44(48)53-41(39-51-38-37-42(45(49)50)46(3,4)5)40-52-43(47)35-33-31-29-27-25-19-17-15-13-11-9-7-2/h14,16,20-21,23-24,28,30,41-42H,6-13,15,17-19,22,25-27,29,31-40H2,1-5H3/p+1/b16-14+,21-20+,24-23+,30-28+. The van der Waals surface area contributed by atoms with Crippen LogP contribution in [0.1, 0.15) is 168 Å². The van der Waals surface area contributed by atoms with E-state index >= 15 is 0 Å². The normalized spacial score (nSPS) is 13.5. The first-order valence-electron chi connectivity index (χ1n) is 21.2. The molecule has 2 atom stereocenters. The van der Waals surface area contributed by atoms with Crippen LogP contribution >= 0.6 is 0 Å². The largest absolute Gasteiger partial charge is 0.477 e. The van der Waals surface area contributed by atoms with E-state index in [1.165, 1.54) is 83.5 Å². The van der Waals surface area contributed by atoms with Crippen LogP contribution in [-0.4, -0.2) is 80.6 Å². The van der Waals surface area contributed by atoms with Crippen molar-refractivity contribution in [3.8, 4) is 0 Å². The number of carboxylic acid groups (broad SMARTS) is 1. The van der Waals surface area contributed by atoms with Gasteiger partial charge in [0.15, 0.2) is 12.1 Å². The number of hydrogen-bond acceptors (Lipinski definition) is 6. The molecule has 0 amide bonds. The Bertz CT molecular complexity index is 1010. The summed E-state index contributed by atoms with van der Waals surface area (Å²) in [7, 11) is 5.50. The van der Waals surface area contributed by atoms with Crippen LogP contribution < -0.4 is 0 Å². The summed E-state index contributed by atoms with van der Waals surface area (Å²) in [6.45, 7) is 4.64. The van der Waals surface area contributed by atoms with Gasteiger partial charge in [0.25, 0.3) is 0 Å². The molecular weight excluding hydrogens is 666 g/mol. The van der Waals surface area contributed by atoms with Gasteiger partial charge in [0.05, 0.1) is 34.4 Å². The Morgan fingerprint density at radius 2 is 1.02 bits per heavy atom. The number of hydrogen-bond donors (Lipinski definition) is 1. The van der Waals surface area contributed by atoms with Crippen molar-refractivity contribution < 1.29 is 38.2 Å². The first-order chi connectivity index (χ1) is 25.6. The molecule has 2 unspecified atom stereocenters. The molecule has 0 aliphatic rings. The predicted octanol–water partition coefficient (Wildman–Crippen LogP) is 11.2. The molecule has 0 saturated carbocycles. The van der Waals surface area contributed by atoms with E-state index in [0.717, 1.165) is 44.9 Å². The number of allylic oxidation sites excluding steroid dienone is 8. The van der Waals surface area contributed by atoms with E-state index in [0.29, 0.717) is 19.3 Å². The van der Waals surface area contributed by atoms with Gasteiger partial charge < -0.3 is 23.8 Å². The lowest BCUT2D eigenvalue weighted by molar-refractivity contribution is -0.887. The maximum atomic E-state index is 12.7. The number of rotatable bonds is 37. The molecule has 53 heavy (non-hydrogen) atoms. The van der Waals surface area contributed by atoms with E-state index in [9.17, 15) is 19.5 Å². The number of carboxylic acids is 1. The second-order valence-electron chi connectivity index (χ2n) is 15.2. The molecule has 0 bridgehead atoms. The molecule has 0 saturated heterocycles. The lowest BCUT2D eigenvalue weighted by Crippen LogP contribution is -2.50. The van der Waals surface area contributed by atoms with Gasteiger partial charge in [-0.2, -0.15) is 0 Å². The summed E-state index contributed by atoms with van der Waals surface area (Å²) in [6, 6.07) is -0.623. The molecule has 0 heterocycles. The van der Waals surface area contributed by atoms with Crippen LogP contribution in [0, 0.1) is 0 Å². The Hall–Kier alpha value is -2.71. The molecule has 8 nitrogen and oxygen atoms in total. The average Bonchev–Trinajstić information content (AvgIpc) is 3.11. The maximum Gasteiger partial charge on any atom is 0.362 e. The second-order valence-corrected chi connectivity index (χ2v) is 15.2. The minimum absolute atomic E-state index is 0.0400. The number of unbranched alkanes of at least 4 members (excludes halogenated alkanes) is 15. The molecule has 0 aromatic carbocycles. The third-order valence-electron chi connectivity index (χ3n) is 9.23. The molecule has 0 radical (unpaired) electrons. The van der Waals surface area contributed by atoms with Crippen LogP contribution in [-0.2, 0) is 28.6 Å². The summed E-state index contributed by atoms with van der Waals surface area (Å²) in [5, 5.41) is 9.60. The van der Waals surface area contributed by atoms with Crippen LogP contribution in [0.15, 0.2) is 48.6 Å². The van der Waals surface area contributed by atoms with Crippen LogP contribution in [0.2, 0.25) is 0 Å². The zero-order valence-electron chi connectivity index (χ0n) is 34.7. The number of esters is 2. The average molecular weight is 747 g/mol. The first kappa shape index (κ1) is 50.3. The summed E-state index contributed by atoms with van der Waals surface area (Å²) in [4.78, 5) is 36.9. The van der Waals surface area contributed by atoms with Gasteiger partial charge in [0.2, 0.25) is 0 Å². The van der Waals surface area contributed by atoms with E-state index < -0.39 is 18.1 Å². The highest BCUT2D eigenvalue weighted by molar-refractivity contribution is 5.72. The lowest BCUT2D eigenvalue weighted by Gasteiger charge is -2.31. The van der Waals surface area contributed by atoms with E-state index in [2.05, 4.69) is 62.5 Å². The number of nitrogens with zero attached hydrogens (tertiary/aromatic N) is 1. The highest BCUT2D eigenvalue weighted by Crippen LogP contribution is 2.14.